The molecule has 0 saturated heterocycles. The van der Waals surface area contributed by atoms with Crippen LogP contribution in [0.1, 0.15) is 89.9 Å². The van der Waals surface area contributed by atoms with Gasteiger partial charge in [-0.05, 0) is 25.7 Å². The van der Waals surface area contributed by atoms with Crippen molar-refractivity contribution >= 4 is 11.9 Å². The Morgan fingerprint density at radius 2 is 0.955 bits per heavy atom. The van der Waals surface area contributed by atoms with Gasteiger partial charge in [-0.25, -0.2) is 0 Å². The maximum absolute atomic E-state index is 10.3. The summed E-state index contributed by atoms with van der Waals surface area (Å²) in [5, 5.41) is 17.0. The number of nitrogens with two attached hydrogens (primary N) is 1. The van der Waals surface area contributed by atoms with E-state index in [1.54, 1.807) is 0 Å². The van der Waals surface area contributed by atoms with Gasteiger partial charge in [0.05, 0.1) is 0 Å². The predicted molar refractivity (Wildman–Crippen MR) is 87.9 cm³/mol. The first-order valence-electron chi connectivity index (χ1n) is 8.71. The first-order valence-corrected chi connectivity index (χ1v) is 8.71. The lowest BCUT2D eigenvalue weighted by Crippen LogP contribution is -2.19. The predicted octanol–water partition coefficient (Wildman–Crippen LogP) is 3.94. The standard InChI is InChI=1S/C17H33NO4/c18-15(11-7-3-1-5-9-13-16(19)20)12-8-4-2-6-10-14-17(21)22/h15H,1-14,18H2,(H,19,20)(H,21,22). The smallest absolute Gasteiger partial charge is 0.303 e. The summed E-state index contributed by atoms with van der Waals surface area (Å²) < 4.78 is 0. The zero-order valence-electron chi connectivity index (χ0n) is 13.8. The Balaban J connectivity index is 3.21. The van der Waals surface area contributed by atoms with Crippen LogP contribution < -0.4 is 5.73 Å². The minimum Gasteiger partial charge on any atom is -0.481 e. The summed E-state index contributed by atoms with van der Waals surface area (Å²) in [5.74, 6) is -1.41. The number of carboxylic acids is 2. The third kappa shape index (κ3) is 17.0. The maximum atomic E-state index is 10.3. The molecule has 0 aliphatic heterocycles. The van der Waals surface area contributed by atoms with Crippen LogP contribution in [0.15, 0.2) is 0 Å². The first-order chi connectivity index (χ1) is 10.5. The van der Waals surface area contributed by atoms with Crippen molar-refractivity contribution in [3.63, 3.8) is 0 Å². The van der Waals surface area contributed by atoms with E-state index in [0.717, 1.165) is 77.0 Å². The van der Waals surface area contributed by atoms with Crippen molar-refractivity contribution < 1.29 is 19.8 Å². The monoisotopic (exact) mass is 315 g/mol. The van der Waals surface area contributed by atoms with Crippen LogP contribution in [0.4, 0.5) is 0 Å². The molecule has 0 radical (unpaired) electrons. The van der Waals surface area contributed by atoms with Gasteiger partial charge in [0.25, 0.3) is 0 Å². The molecule has 0 heterocycles. The highest BCUT2D eigenvalue weighted by molar-refractivity contribution is 5.66. The van der Waals surface area contributed by atoms with Gasteiger partial charge in [-0.2, -0.15) is 0 Å². The van der Waals surface area contributed by atoms with Crippen LogP contribution in [-0.2, 0) is 9.59 Å². The fourth-order valence-electron chi connectivity index (χ4n) is 2.57. The number of hydrogen-bond acceptors (Lipinski definition) is 3. The number of carbonyl (C=O) groups is 2. The van der Waals surface area contributed by atoms with E-state index in [1.807, 2.05) is 0 Å². The largest absolute Gasteiger partial charge is 0.481 e. The molecular formula is C17H33NO4. The van der Waals surface area contributed by atoms with E-state index in [9.17, 15) is 9.59 Å². The number of unbranched alkanes of at least 4 members (excludes halogenated alkanes) is 8. The van der Waals surface area contributed by atoms with Crippen LogP contribution in [0.25, 0.3) is 0 Å². The molecule has 0 atom stereocenters. The maximum Gasteiger partial charge on any atom is 0.303 e. The van der Waals surface area contributed by atoms with E-state index in [4.69, 9.17) is 15.9 Å². The van der Waals surface area contributed by atoms with Crippen molar-refractivity contribution in [1.82, 2.24) is 0 Å². The number of hydrogen-bond donors (Lipinski definition) is 3. The Morgan fingerprint density at radius 3 is 1.32 bits per heavy atom. The molecule has 0 aromatic rings. The molecule has 0 aromatic carbocycles. The van der Waals surface area contributed by atoms with Crippen molar-refractivity contribution in [1.29, 1.82) is 0 Å². The highest BCUT2D eigenvalue weighted by Gasteiger charge is 2.03. The van der Waals surface area contributed by atoms with E-state index in [-0.39, 0.29) is 18.9 Å². The van der Waals surface area contributed by atoms with Gasteiger partial charge in [0.15, 0.2) is 0 Å². The molecule has 0 aliphatic carbocycles. The van der Waals surface area contributed by atoms with Gasteiger partial charge in [0.1, 0.15) is 0 Å². The van der Waals surface area contributed by atoms with Gasteiger partial charge < -0.3 is 15.9 Å². The molecule has 0 spiro atoms. The summed E-state index contributed by atoms with van der Waals surface area (Å²) in [5.41, 5.74) is 6.08. The van der Waals surface area contributed by atoms with Crippen LogP contribution >= 0.6 is 0 Å². The normalized spacial score (nSPS) is 11.0. The second-order valence-corrected chi connectivity index (χ2v) is 6.16. The Bertz CT molecular complexity index is 266. The fraction of sp³-hybridized carbons (Fsp3) is 0.882. The molecule has 0 amide bonds. The van der Waals surface area contributed by atoms with Gasteiger partial charge in [0.2, 0.25) is 0 Å². The molecule has 0 rings (SSSR count). The molecule has 4 N–H and O–H groups in total. The minimum atomic E-state index is -0.704. The van der Waals surface area contributed by atoms with Crippen molar-refractivity contribution in [3.8, 4) is 0 Å². The first kappa shape index (κ1) is 20.9. The quantitative estimate of drug-likeness (QED) is 0.374. The minimum absolute atomic E-state index is 0.276. The molecule has 0 unspecified atom stereocenters. The second-order valence-electron chi connectivity index (χ2n) is 6.16. The molecular weight excluding hydrogens is 282 g/mol. The topological polar surface area (TPSA) is 101 Å². The molecule has 0 saturated carbocycles. The Morgan fingerprint density at radius 1 is 0.636 bits per heavy atom. The lowest BCUT2D eigenvalue weighted by Gasteiger charge is -2.11. The number of carboxylic acid groups (broad SMARTS) is 2. The van der Waals surface area contributed by atoms with E-state index in [2.05, 4.69) is 0 Å². The summed E-state index contributed by atoms with van der Waals surface area (Å²) in [7, 11) is 0. The van der Waals surface area contributed by atoms with Crippen molar-refractivity contribution in [2.24, 2.45) is 5.73 Å². The highest BCUT2D eigenvalue weighted by Crippen LogP contribution is 2.13. The summed E-state index contributed by atoms with van der Waals surface area (Å²) in [6, 6.07) is 0.276. The average molecular weight is 315 g/mol. The van der Waals surface area contributed by atoms with Crippen molar-refractivity contribution in [2.75, 3.05) is 0 Å². The second kappa shape index (κ2) is 14.8. The van der Waals surface area contributed by atoms with Crippen LogP contribution in [0.5, 0.6) is 0 Å². The zero-order chi connectivity index (χ0) is 16.6. The van der Waals surface area contributed by atoms with Crippen LogP contribution in [0.3, 0.4) is 0 Å². The van der Waals surface area contributed by atoms with Gasteiger partial charge in [-0.1, -0.05) is 51.4 Å². The van der Waals surface area contributed by atoms with E-state index in [0.29, 0.717) is 0 Å². The summed E-state index contributed by atoms with van der Waals surface area (Å²) in [6.45, 7) is 0. The van der Waals surface area contributed by atoms with Gasteiger partial charge in [-0.15, -0.1) is 0 Å². The highest BCUT2D eigenvalue weighted by atomic mass is 16.4. The Labute approximate surface area is 134 Å². The van der Waals surface area contributed by atoms with Crippen molar-refractivity contribution in [2.45, 2.75) is 95.9 Å². The fourth-order valence-corrected chi connectivity index (χ4v) is 2.57. The molecule has 5 nitrogen and oxygen atoms in total. The molecule has 0 aliphatic rings. The average Bonchev–Trinajstić information content (AvgIpc) is 2.44. The lowest BCUT2D eigenvalue weighted by atomic mass is 10.0. The number of rotatable bonds is 16. The summed E-state index contributed by atoms with van der Waals surface area (Å²) >= 11 is 0. The lowest BCUT2D eigenvalue weighted by molar-refractivity contribution is -0.138. The van der Waals surface area contributed by atoms with Crippen LogP contribution in [0, 0.1) is 0 Å². The van der Waals surface area contributed by atoms with Gasteiger partial charge >= 0.3 is 11.9 Å². The molecule has 22 heavy (non-hydrogen) atoms. The third-order valence-corrected chi connectivity index (χ3v) is 3.93. The zero-order valence-corrected chi connectivity index (χ0v) is 13.8. The van der Waals surface area contributed by atoms with Crippen LogP contribution in [-0.4, -0.2) is 28.2 Å². The third-order valence-electron chi connectivity index (χ3n) is 3.93. The van der Waals surface area contributed by atoms with Crippen molar-refractivity contribution in [3.05, 3.63) is 0 Å². The van der Waals surface area contributed by atoms with E-state index < -0.39 is 11.9 Å². The molecule has 5 heteroatoms. The van der Waals surface area contributed by atoms with E-state index in [1.165, 1.54) is 0 Å². The summed E-state index contributed by atoms with van der Waals surface area (Å²) in [4.78, 5) is 20.7. The van der Waals surface area contributed by atoms with Crippen LogP contribution in [0.2, 0.25) is 0 Å². The Kier molecular flexibility index (Phi) is 14.1. The van der Waals surface area contributed by atoms with Gasteiger partial charge in [-0.3, -0.25) is 9.59 Å². The van der Waals surface area contributed by atoms with E-state index >= 15 is 0 Å². The number of aliphatic carboxylic acids is 2. The summed E-state index contributed by atoms with van der Waals surface area (Å²) in [6.07, 6.45) is 13.0. The molecule has 0 fully saturated rings. The molecule has 0 bridgehead atoms. The Hall–Kier alpha value is -1.10. The molecule has 0 aromatic heterocycles. The van der Waals surface area contributed by atoms with Gasteiger partial charge in [0, 0.05) is 18.9 Å². The SMILES string of the molecule is NC(CCCCCCCC(=O)O)CCCCCCCC(=O)O. The molecule has 130 valence electrons.